The summed E-state index contributed by atoms with van der Waals surface area (Å²) in [5.74, 6) is -4.20. The van der Waals surface area contributed by atoms with E-state index in [1.807, 2.05) is 13.8 Å². The summed E-state index contributed by atoms with van der Waals surface area (Å²) in [6, 6.07) is -5.66. The van der Waals surface area contributed by atoms with Crippen LogP contribution in [0.1, 0.15) is 58.8 Å². The van der Waals surface area contributed by atoms with E-state index >= 15 is 0 Å². The van der Waals surface area contributed by atoms with E-state index in [1.165, 1.54) is 4.90 Å². The van der Waals surface area contributed by atoms with Crippen molar-refractivity contribution in [2.75, 3.05) is 26.2 Å². The summed E-state index contributed by atoms with van der Waals surface area (Å²) in [5.41, 5.74) is 27.0. The molecule has 44 heavy (non-hydrogen) atoms. The first-order chi connectivity index (χ1) is 20.7. The number of aliphatic hydroxyl groups excluding tert-OH is 1. The smallest absolute Gasteiger partial charge is 0.326 e. The lowest BCUT2D eigenvalue weighted by Crippen LogP contribution is -2.59. The summed E-state index contributed by atoms with van der Waals surface area (Å²) in [5, 5.41) is 26.6. The van der Waals surface area contributed by atoms with Gasteiger partial charge in [-0.2, -0.15) is 0 Å². The van der Waals surface area contributed by atoms with Crippen LogP contribution < -0.4 is 44.6 Å². The number of carboxylic acids is 1. The van der Waals surface area contributed by atoms with Crippen LogP contribution in [-0.2, 0) is 24.0 Å². The molecule has 1 fully saturated rings. The second kappa shape index (κ2) is 19.2. The van der Waals surface area contributed by atoms with Crippen LogP contribution in [0.5, 0.6) is 0 Å². The van der Waals surface area contributed by atoms with Crippen molar-refractivity contribution in [1.82, 2.24) is 20.9 Å². The molecule has 0 spiro atoms. The van der Waals surface area contributed by atoms with Gasteiger partial charge < -0.3 is 59.7 Å². The van der Waals surface area contributed by atoms with E-state index in [-0.39, 0.29) is 63.2 Å². The molecule has 0 unspecified atom stereocenters. The van der Waals surface area contributed by atoms with Gasteiger partial charge in [-0.3, -0.25) is 29.2 Å². The Balaban J connectivity index is 3.18. The monoisotopic (exact) mass is 627 g/mol. The Kier molecular flexibility index (Phi) is 16.5. The minimum Gasteiger partial charge on any atom is -0.480 e. The number of rotatable bonds is 19. The third kappa shape index (κ3) is 13.4. The van der Waals surface area contributed by atoms with Crippen LogP contribution in [0.2, 0.25) is 0 Å². The molecule has 250 valence electrons. The maximum absolute atomic E-state index is 13.6. The van der Waals surface area contributed by atoms with Crippen LogP contribution in [0, 0.1) is 5.92 Å². The number of carboxylic acid groups (broad SMARTS) is 1. The zero-order chi connectivity index (χ0) is 33.4. The largest absolute Gasteiger partial charge is 0.480 e. The number of hydrogen-bond donors (Lipinski definition) is 10. The van der Waals surface area contributed by atoms with Crippen molar-refractivity contribution in [2.24, 2.45) is 44.6 Å². The number of nitrogens with two attached hydrogens (primary N) is 5. The van der Waals surface area contributed by atoms with Gasteiger partial charge in [0, 0.05) is 19.6 Å². The van der Waals surface area contributed by atoms with Gasteiger partial charge in [0.1, 0.15) is 30.2 Å². The van der Waals surface area contributed by atoms with Crippen LogP contribution >= 0.6 is 0 Å². The number of amides is 4. The van der Waals surface area contributed by atoms with E-state index in [0.717, 1.165) is 0 Å². The third-order valence-corrected chi connectivity index (χ3v) is 6.83. The second-order valence-electron chi connectivity index (χ2n) is 11.0. The number of likely N-dealkylation sites (tertiary alicyclic amines) is 1. The Morgan fingerprint density at radius 1 is 0.841 bits per heavy atom. The molecule has 18 heteroatoms. The zero-order valence-electron chi connectivity index (χ0n) is 25.4. The molecule has 15 N–H and O–H groups in total. The van der Waals surface area contributed by atoms with Crippen molar-refractivity contribution < 1.29 is 34.2 Å². The number of nitrogens with one attached hydrogen (secondary N) is 3. The van der Waals surface area contributed by atoms with Crippen molar-refractivity contribution >= 4 is 41.5 Å². The van der Waals surface area contributed by atoms with Crippen LogP contribution in [0.15, 0.2) is 9.98 Å². The molecule has 1 rings (SSSR count). The first-order valence-electron chi connectivity index (χ1n) is 14.6. The van der Waals surface area contributed by atoms with E-state index in [0.29, 0.717) is 19.3 Å². The normalized spacial score (nSPS) is 17.1. The molecule has 0 aromatic heterocycles. The Bertz CT molecular complexity index is 1050. The van der Waals surface area contributed by atoms with Crippen LogP contribution in [0.4, 0.5) is 0 Å². The Labute approximate surface area is 256 Å². The van der Waals surface area contributed by atoms with Crippen LogP contribution in [0.3, 0.4) is 0 Å². The predicted molar refractivity (Wildman–Crippen MR) is 163 cm³/mol. The van der Waals surface area contributed by atoms with E-state index in [4.69, 9.17) is 28.7 Å². The van der Waals surface area contributed by atoms with Gasteiger partial charge in [0.15, 0.2) is 11.9 Å². The summed E-state index contributed by atoms with van der Waals surface area (Å²) >= 11 is 0. The van der Waals surface area contributed by atoms with Gasteiger partial charge in [-0.15, -0.1) is 0 Å². The van der Waals surface area contributed by atoms with Gasteiger partial charge in [-0.25, -0.2) is 4.79 Å². The summed E-state index contributed by atoms with van der Waals surface area (Å²) in [7, 11) is 0. The molecule has 0 saturated carbocycles. The van der Waals surface area contributed by atoms with Gasteiger partial charge in [0.05, 0.1) is 6.61 Å². The fourth-order valence-corrected chi connectivity index (χ4v) is 4.63. The highest BCUT2D eigenvalue weighted by atomic mass is 16.4. The molecule has 0 aliphatic carbocycles. The number of aliphatic imine (C=N–C) groups is 2. The highest BCUT2D eigenvalue weighted by Gasteiger charge is 2.38. The highest BCUT2D eigenvalue weighted by Crippen LogP contribution is 2.20. The Morgan fingerprint density at radius 3 is 1.84 bits per heavy atom. The first kappa shape index (κ1) is 37.8. The molecule has 0 aromatic rings. The fraction of sp³-hybridized carbons (Fsp3) is 0.731. The fourth-order valence-electron chi connectivity index (χ4n) is 4.63. The summed E-state index contributed by atoms with van der Waals surface area (Å²) in [4.78, 5) is 73.5. The first-order valence-corrected chi connectivity index (χ1v) is 14.6. The summed E-state index contributed by atoms with van der Waals surface area (Å²) in [6.45, 7) is 3.58. The lowest BCUT2D eigenvalue weighted by Gasteiger charge is -2.29. The summed E-state index contributed by atoms with van der Waals surface area (Å²) < 4.78 is 0. The maximum Gasteiger partial charge on any atom is 0.326 e. The number of aliphatic carboxylic acids is 1. The number of aliphatic hydroxyl groups is 1. The highest BCUT2D eigenvalue weighted by molar-refractivity contribution is 5.95. The lowest BCUT2D eigenvalue weighted by atomic mass is 10.0. The van der Waals surface area contributed by atoms with Crippen molar-refractivity contribution in [1.29, 1.82) is 0 Å². The molecule has 1 saturated heterocycles. The van der Waals surface area contributed by atoms with E-state index < -0.39 is 66.4 Å². The molecule has 1 aliphatic heterocycles. The number of nitrogens with zero attached hydrogens (tertiary/aromatic N) is 3. The minimum atomic E-state index is -1.27. The molecule has 5 atom stereocenters. The quantitative estimate of drug-likeness (QED) is 0.0372. The van der Waals surface area contributed by atoms with Crippen LogP contribution in [-0.4, -0.2) is 113 Å². The Hall–Kier alpha value is -4.19. The van der Waals surface area contributed by atoms with E-state index in [9.17, 15) is 34.2 Å². The van der Waals surface area contributed by atoms with E-state index in [2.05, 4.69) is 25.9 Å². The second-order valence-corrected chi connectivity index (χ2v) is 11.0. The number of hydrogen-bond acceptors (Lipinski definition) is 9. The molecule has 0 aromatic carbocycles. The molecule has 1 aliphatic rings. The SMILES string of the molecule is CC(C)C[C@H](NC(=O)[C@H](CCCN=C(N)N)NC(=O)[C@@H](N)CO)C(=O)N[C@@H](CCCN=C(N)N)C(=O)N1CCC[C@H]1C(=O)O. The molecular formula is C26H49N11O7. The standard InChI is InChI=1S/C26H49N11O7/c1-14(2)12-18(36-21(40)16(6-3-9-32-25(28)29)34-20(39)15(27)13-38)22(41)35-17(7-4-10-33-26(30)31)23(42)37-11-5-8-19(37)24(43)44/h14-19,38H,3-13,27H2,1-2H3,(H,34,39)(H,35,41)(H,36,40)(H,43,44)(H4,28,29,32)(H4,30,31,33)/t15-,16-,17-,18-,19-/m0/s1. The van der Waals surface area contributed by atoms with Crippen molar-refractivity contribution in [3.05, 3.63) is 0 Å². The van der Waals surface area contributed by atoms with Crippen molar-refractivity contribution in [3.63, 3.8) is 0 Å². The molecule has 4 amide bonds. The number of carbonyl (C=O) groups excluding carboxylic acids is 4. The number of guanidine groups is 2. The van der Waals surface area contributed by atoms with Gasteiger partial charge in [0.25, 0.3) is 0 Å². The molecular weight excluding hydrogens is 578 g/mol. The van der Waals surface area contributed by atoms with Crippen molar-refractivity contribution in [3.8, 4) is 0 Å². The predicted octanol–water partition coefficient (Wildman–Crippen LogP) is -4.01. The zero-order valence-corrected chi connectivity index (χ0v) is 25.4. The lowest BCUT2D eigenvalue weighted by molar-refractivity contribution is -0.149. The van der Waals surface area contributed by atoms with E-state index in [1.54, 1.807) is 0 Å². The Morgan fingerprint density at radius 2 is 1.34 bits per heavy atom. The minimum absolute atomic E-state index is 0.0743. The summed E-state index contributed by atoms with van der Waals surface area (Å²) in [6.07, 6.45) is 1.75. The van der Waals surface area contributed by atoms with Crippen LogP contribution in [0.25, 0.3) is 0 Å². The molecule has 18 nitrogen and oxygen atoms in total. The van der Waals surface area contributed by atoms with Gasteiger partial charge in [-0.1, -0.05) is 13.8 Å². The number of carbonyl (C=O) groups is 5. The molecule has 0 bridgehead atoms. The average molecular weight is 628 g/mol. The topological polar surface area (TPSA) is 320 Å². The average Bonchev–Trinajstić information content (AvgIpc) is 3.44. The van der Waals surface area contributed by atoms with Crippen molar-refractivity contribution in [2.45, 2.75) is 89.0 Å². The molecule has 0 radical (unpaired) electrons. The third-order valence-electron chi connectivity index (χ3n) is 6.83. The van der Waals surface area contributed by atoms with Gasteiger partial charge in [0.2, 0.25) is 23.6 Å². The van der Waals surface area contributed by atoms with Gasteiger partial charge in [-0.05, 0) is 50.9 Å². The molecule has 1 heterocycles. The van der Waals surface area contributed by atoms with Gasteiger partial charge >= 0.3 is 5.97 Å². The maximum atomic E-state index is 13.6.